The third-order valence-corrected chi connectivity index (χ3v) is 5.41. The second kappa shape index (κ2) is 8.06. The zero-order valence-corrected chi connectivity index (χ0v) is 18.2. The van der Waals surface area contributed by atoms with E-state index in [0.29, 0.717) is 44.6 Å². The molecule has 168 valence electrons. The molecule has 0 radical (unpaired) electrons. The quantitative estimate of drug-likeness (QED) is 0.311. The van der Waals surface area contributed by atoms with Gasteiger partial charge in [0, 0.05) is 13.2 Å². The Morgan fingerprint density at radius 2 is 1.70 bits per heavy atom. The molecule has 0 saturated carbocycles. The van der Waals surface area contributed by atoms with Gasteiger partial charge in [-0.15, -0.1) is 0 Å². The molecule has 5 rings (SSSR count). The molecular formula is C23H20N4O6. The molecular weight excluding hydrogens is 428 g/mol. The first kappa shape index (κ1) is 20.7. The van der Waals surface area contributed by atoms with Gasteiger partial charge in [-0.3, -0.25) is 9.20 Å². The van der Waals surface area contributed by atoms with E-state index < -0.39 is 11.5 Å². The predicted octanol–water partition coefficient (Wildman–Crippen LogP) is 2.70. The Bertz CT molecular complexity index is 1600. The van der Waals surface area contributed by atoms with E-state index in [2.05, 4.69) is 9.97 Å². The first-order valence-corrected chi connectivity index (χ1v) is 10.1. The van der Waals surface area contributed by atoms with E-state index in [1.54, 1.807) is 22.6 Å². The second-order valence-corrected chi connectivity index (χ2v) is 7.25. The zero-order chi connectivity index (χ0) is 23.1. The zero-order valence-electron chi connectivity index (χ0n) is 18.2. The Morgan fingerprint density at radius 1 is 1.00 bits per heavy atom. The number of rotatable bonds is 6. The van der Waals surface area contributed by atoms with E-state index in [9.17, 15) is 9.59 Å². The summed E-state index contributed by atoms with van der Waals surface area (Å²) in [5.41, 5.74) is 2.39. The van der Waals surface area contributed by atoms with Crippen LogP contribution in [0.2, 0.25) is 0 Å². The fourth-order valence-corrected chi connectivity index (χ4v) is 3.89. The highest BCUT2D eigenvalue weighted by Crippen LogP contribution is 2.34. The minimum atomic E-state index is -0.639. The fraction of sp³-hybridized carbons (Fsp3) is 0.217. The smallest absolute Gasteiger partial charge is 0.344 e. The highest BCUT2D eigenvalue weighted by molar-refractivity contribution is 6.11. The molecule has 0 aliphatic heterocycles. The van der Waals surface area contributed by atoms with E-state index in [4.69, 9.17) is 23.9 Å². The van der Waals surface area contributed by atoms with Crippen molar-refractivity contribution in [3.63, 3.8) is 0 Å². The Morgan fingerprint density at radius 3 is 2.39 bits per heavy atom. The Labute approximate surface area is 186 Å². The van der Waals surface area contributed by atoms with Gasteiger partial charge in [-0.1, -0.05) is 12.1 Å². The summed E-state index contributed by atoms with van der Waals surface area (Å²) < 4.78 is 22.8. The SMILES string of the molecule is COCCOC(=O)c1c2nc3ccccc3nc2n2c1[nH]c(=O)c1cc(OC)c(OC)cc12. The molecule has 0 bridgehead atoms. The molecule has 3 heterocycles. The van der Waals surface area contributed by atoms with Gasteiger partial charge < -0.3 is 23.9 Å². The molecule has 3 aromatic heterocycles. The molecule has 0 unspecified atom stereocenters. The van der Waals surface area contributed by atoms with Crippen molar-refractivity contribution in [1.29, 1.82) is 0 Å². The maximum absolute atomic E-state index is 13.1. The average molecular weight is 448 g/mol. The van der Waals surface area contributed by atoms with Gasteiger partial charge in [0.15, 0.2) is 17.1 Å². The van der Waals surface area contributed by atoms with E-state index >= 15 is 0 Å². The molecule has 0 fully saturated rings. The number of fused-ring (bicyclic) bond motifs is 6. The van der Waals surface area contributed by atoms with Crippen LogP contribution < -0.4 is 15.0 Å². The maximum atomic E-state index is 13.1. The number of para-hydroxylation sites is 2. The van der Waals surface area contributed by atoms with Crippen LogP contribution in [-0.2, 0) is 9.47 Å². The Balaban J connectivity index is 1.94. The number of nitrogens with one attached hydrogen (secondary N) is 1. The molecule has 0 amide bonds. The Kier molecular flexibility index (Phi) is 5.06. The summed E-state index contributed by atoms with van der Waals surface area (Å²) in [4.78, 5) is 38.4. The summed E-state index contributed by atoms with van der Waals surface area (Å²) in [6, 6.07) is 10.6. The highest BCUT2D eigenvalue weighted by atomic mass is 16.6. The summed E-state index contributed by atoms with van der Waals surface area (Å²) in [5.74, 6) is 0.193. The number of hydrogen-bond acceptors (Lipinski definition) is 8. The van der Waals surface area contributed by atoms with Crippen molar-refractivity contribution in [2.24, 2.45) is 0 Å². The molecule has 33 heavy (non-hydrogen) atoms. The van der Waals surface area contributed by atoms with E-state index in [0.717, 1.165) is 0 Å². The number of aromatic amines is 1. The van der Waals surface area contributed by atoms with Gasteiger partial charge in [0.1, 0.15) is 23.3 Å². The lowest BCUT2D eigenvalue weighted by atomic mass is 10.2. The molecule has 0 aliphatic rings. The number of carbonyl (C=O) groups is 1. The molecule has 0 atom stereocenters. The van der Waals surface area contributed by atoms with E-state index in [1.165, 1.54) is 21.3 Å². The number of esters is 1. The van der Waals surface area contributed by atoms with Gasteiger partial charge in [0.05, 0.1) is 42.8 Å². The minimum absolute atomic E-state index is 0.0536. The minimum Gasteiger partial charge on any atom is -0.493 e. The van der Waals surface area contributed by atoms with Crippen LogP contribution in [0.15, 0.2) is 41.2 Å². The number of benzene rings is 2. The topological polar surface area (TPSA) is 117 Å². The maximum Gasteiger partial charge on any atom is 0.344 e. The largest absolute Gasteiger partial charge is 0.493 e. The summed E-state index contributed by atoms with van der Waals surface area (Å²) in [6.07, 6.45) is 0. The van der Waals surface area contributed by atoms with Crippen molar-refractivity contribution in [2.45, 2.75) is 0 Å². The summed E-state index contributed by atoms with van der Waals surface area (Å²) in [6.45, 7) is 0.290. The van der Waals surface area contributed by atoms with Gasteiger partial charge >= 0.3 is 5.97 Å². The molecule has 2 aromatic carbocycles. The van der Waals surface area contributed by atoms with Crippen LogP contribution in [0, 0.1) is 0 Å². The lowest BCUT2D eigenvalue weighted by Gasteiger charge is -2.10. The number of carbonyl (C=O) groups excluding carboxylic acids is 1. The van der Waals surface area contributed by atoms with Crippen molar-refractivity contribution < 1.29 is 23.7 Å². The highest BCUT2D eigenvalue weighted by Gasteiger charge is 2.26. The molecule has 0 spiro atoms. The lowest BCUT2D eigenvalue weighted by molar-refractivity contribution is 0.0392. The summed E-state index contributed by atoms with van der Waals surface area (Å²) in [5, 5.41) is 0.339. The number of hydrogen-bond donors (Lipinski definition) is 1. The third kappa shape index (κ3) is 3.23. The van der Waals surface area contributed by atoms with Crippen LogP contribution in [0.4, 0.5) is 0 Å². The Hall–Kier alpha value is -4.18. The van der Waals surface area contributed by atoms with Gasteiger partial charge in [-0.25, -0.2) is 14.8 Å². The first-order valence-electron chi connectivity index (χ1n) is 10.1. The van der Waals surface area contributed by atoms with Crippen molar-refractivity contribution in [2.75, 3.05) is 34.5 Å². The van der Waals surface area contributed by atoms with Crippen molar-refractivity contribution in [3.05, 3.63) is 52.3 Å². The number of aromatic nitrogens is 4. The van der Waals surface area contributed by atoms with Crippen LogP contribution in [0.5, 0.6) is 11.5 Å². The van der Waals surface area contributed by atoms with Crippen LogP contribution in [0.3, 0.4) is 0 Å². The van der Waals surface area contributed by atoms with Crippen molar-refractivity contribution >= 4 is 44.7 Å². The van der Waals surface area contributed by atoms with Crippen molar-refractivity contribution in [1.82, 2.24) is 19.4 Å². The van der Waals surface area contributed by atoms with Gasteiger partial charge in [-0.2, -0.15) is 0 Å². The summed E-state index contributed by atoms with van der Waals surface area (Å²) >= 11 is 0. The third-order valence-electron chi connectivity index (χ3n) is 5.41. The fourth-order valence-electron chi connectivity index (χ4n) is 3.89. The number of nitrogens with zero attached hydrogens (tertiary/aromatic N) is 3. The molecule has 5 aromatic rings. The van der Waals surface area contributed by atoms with Crippen LogP contribution >= 0.6 is 0 Å². The van der Waals surface area contributed by atoms with Crippen molar-refractivity contribution in [3.8, 4) is 11.5 Å². The molecule has 0 aliphatic carbocycles. The van der Waals surface area contributed by atoms with Crippen LogP contribution in [0.25, 0.3) is 38.7 Å². The monoisotopic (exact) mass is 448 g/mol. The van der Waals surface area contributed by atoms with Crippen LogP contribution in [-0.4, -0.2) is 59.9 Å². The van der Waals surface area contributed by atoms with Gasteiger partial charge in [0.25, 0.3) is 5.56 Å². The molecule has 0 saturated heterocycles. The number of H-pyrrole nitrogens is 1. The molecule has 10 heteroatoms. The second-order valence-electron chi connectivity index (χ2n) is 7.25. The first-order chi connectivity index (χ1) is 16.1. The van der Waals surface area contributed by atoms with E-state index in [1.807, 2.05) is 18.2 Å². The standard InChI is InChI=1S/C23H20N4O6/c1-30-8-9-33-23(29)18-19-21(25-14-7-5-4-6-13(14)24-19)27-15-11-17(32-3)16(31-2)10-12(15)22(28)26-20(18)27/h4-7,10-11H,8-9H2,1-3H3,(H,26,28). The molecule has 10 nitrogen and oxygen atoms in total. The van der Waals surface area contributed by atoms with Crippen LogP contribution in [0.1, 0.15) is 10.4 Å². The van der Waals surface area contributed by atoms with Gasteiger partial charge in [-0.05, 0) is 18.2 Å². The normalized spacial score (nSPS) is 11.5. The average Bonchev–Trinajstić information content (AvgIpc) is 3.14. The number of methoxy groups -OCH3 is 3. The summed E-state index contributed by atoms with van der Waals surface area (Å²) in [7, 11) is 4.51. The van der Waals surface area contributed by atoms with E-state index in [-0.39, 0.29) is 24.4 Å². The molecule has 1 N–H and O–H groups in total. The predicted molar refractivity (Wildman–Crippen MR) is 121 cm³/mol. The number of ether oxygens (including phenoxy) is 4. The van der Waals surface area contributed by atoms with Gasteiger partial charge in [0.2, 0.25) is 0 Å². The lowest BCUT2D eigenvalue weighted by Crippen LogP contribution is -2.14.